The first-order valence-corrected chi connectivity index (χ1v) is 11.7. The van der Waals surface area contributed by atoms with Crippen LogP contribution in [0.4, 0.5) is 0 Å². The third kappa shape index (κ3) is 6.48. The second-order valence-corrected chi connectivity index (χ2v) is 9.52. The summed E-state index contributed by atoms with van der Waals surface area (Å²) in [7, 11) is 3.15. The Bertz CT molecular complexity index is 1250. The van der Waals surface area contributed by atoms with Crippen molar-refractivity contribution in [1.29, 1.82) is 5.41 Å². The van der Waals surface area contributed by atoms with E-state index in [0.717, 1.165) is 11.1 Å². The topological polar surface area (TPSA) is 133 Å². The number of hydrogen-bond acceptors (Lipinski definition) is 9. The minimum absolute atomic E-state index is 0.0642. The molecule has 0 spiro atoms. The molecule has 0 aliphatic carbocycles. The number of hydrogen-bond donors (Lipinski definition) is 2. The van der Waals surface area contributed by atoms with Crippen LogP contribution >= 0.6 is 0 Å². The predicted molar refractivity (Wildman–Crippen MR) is 132 cm³/mol. The Morgan fingerprint density at radius 3 is 2.42 bits per heavy atom. The fraction of sp³-hybridized carbons (Fsp3) is 0.520. The molecular formula is C25H35N5O6. The first-order valence-electron chi connectivity index (χ1n) is 11.7. The molecule has 2 N–H and O–H groups in total. The highest BCUT2D eigenvalue weighted by atomic mass is 16.6. The zero-order chi connectivity index (χ0) is 26.5. The molecule has 0 saturated heterocycles. The third-order valence-corrected chi connectivity index (χ3v) is 5.49. The highest BCUT2D eigenvalue weighted by molar-refractivity contribution is 5.96. The van der Waals surface area contributed by atoms with E-state index in [1.165, 1.54) is 9.20 Å². The number of fused-ring (bicyclic) bond motifs is 1. The molecule has 0 amide bonds. The fourth-order valence-corrected chi connectivity index (χ4v) is 3.63. The SMILES string of the molecule is COCC(COC)Oc1cc(C)c2nn(CC(=O)c3cc(OCCO)cc(C(C)(C)C)c3)c(=N)n2n1. The molecule has 0 saturated carbocycles. The van der Waals surface area contributed by atoms with Crippen LogP contribution < -0.4 is 15.1 Å². The summed E-state index contributed by atoms with van der Waals surface area (Å²) in [5.41, 5.74) is 2.27. The first kappa shape index (κ1) is 27.3. The zero-order valence-corrected chi connectivity index (χ0v) is 21.7. The van der Waals surface area contributed by atoms with Gasteiger partial charge in [-0.2, -0.15) is 4.52 Å². The lowest BCUT2D eigenvalue weighted by Crippen LogP contribution is -2.29. The van der Waals surface area contributed by atoms with Gasteiger partial charge in [-0.25, -0.2) is 4.68 Å². The smallest absolute Gasteiger partial charge is 0.242 e. The van der Waals surface area contributed by atoms with Crippen LogP contribution in [0.25, 0.3) is 5.65 Å². The van der Waals surface area contributed by atoms with Crippen molar-refractivity contribution in [2.24, 2.45) is 0 Å². The number of aryl methyl sites for hydroxylation is 1. The van der Waals surface area contributed by atoms with Gasteiger partial charge in [0, 0.05) is 31.4 Å². The number of carbonyl (C=O) groups is 1. The van der Waals surface area contributed by atoms with Crippen LogP contribution in [0, 0.1) is 12.3 Å². The molecule has 196 valence electrons. The van der Waals surface area contributed by atoms with Crippen LogP contribution in [0.5, 0.6) is 11.6 Å². The maximum absolute atomic E-state index is 13.3. The summed E-state index contributed by atoms with van der Waals surface area (Å²) in [6.07, 6.45) is -0.368. The van der Waals surface area contributed by atoms with E-state index < -0.39 is 0 Å². The Morgan fingerprint density at radius 2 is 1.81 bits per heavy atom. The van der Waals surface area contributed by atoms with Gasteiger partial charge < -0.3 is 24.1 Å². The highest BCUT2D eigenvalue weighted by Crippen LogP contribution is 2.28. The summed E-state index contributed by atoms with van der Waals surface area (Å²) >= 11 is 0. The van der Waals surface area contributed by atoms with Gasteiger partial charge >= 0.3 is 0 Å². The number of nitrogens with zero attached hydrogens (tertiary/aromatic N) is 4. The Morgan fingerprint density at radius 1 is 1.11 bits per heavy atom. The Labute approximate surface area is 210 Å². The summed E-state index contributed by atoms with van der Waals surface area (Å²) in [5, 5.41) is 26.5. The van der Waals surface area contributed by atoms with Crippen LogP contribution in [0.1, 0.15) is 42.3 Å². The van der Waals surface area contributed by atoms with Gasteiger partial charge in [-0.05, 0) is 36.1 Å². The Kier molecular flexibility index (Phi) is 8.83. The van der Waals surface area contributed by atoms with Crippen molar-refractivity contribution in [3.63, 3.8) is 0 Å². The number of nitrogens with one attached hydrogen (secondary N) is 1. The summed E-state index contributed by atoms with van der Waals surface area (Å²) in [6.45, 7) is 8.45. The van der Waals surface area contributed by atoms with E-state index >= 15 is 0 Å². The number of Topliss-reactive ketones (excluding diaryl/α,β-unsaturated/α-hetero) is 1. The van der Waals surface area contributed by atoms with Crippen LogP contribution in [-0.2, 0) is 21.4 Å². The van der Waals surface area contributed by atoms with E-state index in [0.29, 0.717) is 36.1 Å². The first-order chi connectivity index (χ1) is 17.1. The molecule has 2 aromatic heterocycles. The van der Waals surface area contributed by atoms with Gasteiger partial charge in [0.05, 0.1) is 19.8 Å². The van der Waals surface area contributed by atoms with Crippen LogP contribution in [0.3, 0.4) is 0 Å². The second kappa shape index (κ2) is 11.6. The van der Waals surface area contributed by atoms with Crippen molar-refractivity contribution in [2.75, 3.05) is 40.6 Å². The van der Waals surface area contributed by atoms with Crippen LogP contribution in [0.15, 0.2) is 24.3 Å². The molecule has 0 unspecified atom stereocenters. The third-order valence-electron chi connectivity index (χ3n) is 5.49. The molecule has 3 aromatic rings. The van der Waals surface area contributed by atoms with Gasteiger partial charge in [0.25, 0.3) is 0 Å². The van der Waals surface area contributed by atoms with E-state index in [1.54, 1.807) is 26.4 Å². The Hall–Kier alpha value is -3.28. The number of rotatable bonds is 12. The predicted octanol–water partition coefficient (Wildman–Crippen LogP) is 1.91. The average molecular weight is 502 g/mol. The molecule has 0 radical (unpaired) electrons. The maximum atomic E-state index is 13.3. The van der Waals surface area contributed by atoms with E-state index in [2.05, 4.69) is 10.2 Å². The number of methoxy groups -OCH3 is 2. The molecule has 0 atom stereocenters. The van der Waals surface area contributed by atoms with Crippen molar-refractivity contribution in [3.8, 4) is 11.6 Å². The lowest BCUT2D eigenvalue weighted by Gasteiger charge is -2.21. The lowest BCUT2D eigenvalue weighted by atomic mass is 9.85. The lowest BCUT2D eigenvalue weighted by molar-refractivity contribution is 0.0214. The number of carbonyl (C=O) groups excluding carboxylic acids is 1. The minimum Gasteiger partial charge on any atom is -0.491 e. The highest BCUT2D eigenvalue weighted by Gasteiger charge is 2.20. The molecule has 0 fully saturated rings. The quantitative estimate of drug-likeness (QED) is 0.360. The standard InChI is InChI=1S/C25H35N5O6/c1-16-9-22(36-20(14-33-5)15-34-6)27-30-23(16)28-29(24(30)26)13-21(32)17-10-18(25(2,3)4)12-19(11-17)35-8-7-31/h9-12,20,26,31H,7-8,13-15H2,1-6H3. The number of aliphatic hydroxyl groups is 1. The number of aromatic nitrogens is 4. The minimum atomic E-state index is -0.368. The van der Waals surface area contributed by atoms with Gasteiger partial charge in [0.1, 0.15) is 25.0 Å². The van der Waals surface area contributed by atoms with Gasteiger partial charge in [0.15, 0.2) is 11.4 Å². The van der Waals surface area contributed by atoms with Crippen LogP contribution in [0.2, 0.25) is 0 Å². The second-order valence-electron chi connectivity index (χ2n) is 9.52. The average Bonchev–Trinajstić information content (AvgIpc) is 3.13. The number of benzene rings is 1. The molecule has 11 heteroatoms. The number of aliphatic hydroxyl groups excluding tert-OH is 1. The zero-order valence-electron chi connectivity index (χ0n) is 21.7. The fourth-order valence-electron chi connectivity index (χ4n) is 3.63. The van der Waals surface area contributed by atoms with E-state index in [1.807, 2.05) is 39.8 Å². The number of ketones is 1. The molecule has 1 aromatic carbocycles. The van der Waals surface area contributed by atoms with Gasteiger partial charge in [-0.3, -0.25) is 10.2 Å². The molecule has 0 aliphatic rings. The summed E-state index contributed by atoms with van der Waals surface area (Å²) in [6, 6.07) is 7.07. The number of ether oxygens (including phenoxy) is 4. The van der Waals surface area contributed by atoms with Crippen molar-refractivity contribution in [3.05, 3.63) is 46.6 Å². The molecule has 36 heavy (non-hydrogen) atoms. The molecule has 0 bridgehead atoms. The molecule has 2 heterocycles. The molecule has 11 nitrogen and oxygen atoms in total. The van der Waals surface area contributed by atoms with Crippen molar-refractivity contribution < 1.29 is 28.8 Å². The van der Waals surface area contributed by atoms with Crippen molar-refractivity contribution >= 4 is 11.4 Å². The van der Waals surface area contributed by atoms with Crippen molar-refractivity contribution in [2.45, 2.75) is 45.8 Å². The van der Waals surface area contributed by atoms with E-state index in [-0.39, 0.29) is 42.7 Å². The molecule has 0 aliphatic heterocycles. The Balaban J connectivity index is 1.92. The van der Waals surface area contributed by atoms with E-state index in [4.69, 9.17) is 29.5 Å². The van der Waals surface area contributed by atoms with E-state index in [9.17, 15) is 4.79 Å². The van der Waals surface area contributed by atoms with Crippen LogP contribution in [-0.4, -0.2) is 77.0 Å². The summed E-state index contributed by atoms with van der Waals surface area (Å²) < 4.78 is 24.5. The van der Waals surface area contributed by atoms with Gasteiger partial charge in [0.2, 0.25) is 11.5 Å². The van der Waals surface area contributed by atoms with Gasteiger partial charge in [-0.1, -0.05) is 20.8 Å². The monoisotopic (exact) mass is 501 g/mol. The van der Waals surface area contributed by atoms with Crippen molar-refractivity contribution in [1.82, 2.24) is 19.4 Å². The summed E-state index contributed by atoms with van der Waals surface area (Å²) in [5.74, 6) is 0.574. The molecule has 3 rings (SSSR count). The van der Waals surface area contributed by atoms with Gasteiger partial charge in [-0.15, -0.1) is 10.2 Å². The summed E-state index contributed by atoms with van der Waals surface area (Å²) in [4.78, 5) is 13.3. The largest absolute Gasteiger partial charge is 0.491 e. The normalized spacial score (nSPS) is 11.9. The maximum Gasteiger partial charge on any atom is 0.242 e. The molecular weight excluding hydrogens is 466 g/mol.